The van der Waals surface area contributed by atoms with Crippen molar-refractivity contribution in [1.82, 2.24) is 30.0 Å². The lowest BCUT2D eigenvalue weighted by Crippen LogP contribution is -2.44. The minimum atomic E-state index is -0.533. The molecule has 0 fully saturated rings. The van der Waals surface area contributed by atoms with E-state index >= 15 is 0 Å². The van der Waals surface area contributed by atoms with Crippen molar-refractivity contribution in [2.24, 2.45) is 0 Å². The van der Waals surface area contributed by atoms with E-state index in [0.29, 0.717) is 13.0 Å². The molecule has 0 aliphatic carbocycles. The number of benzene rings is 2. The van der Waals surface area contributed by atoms with Gasteiger partial charge in [0.05, 0.1) is 17.4 Å². The van der Waals surface area contributed by atoms with Crippen LogP contribution in [0.15, 0.2) is 60.7 Å². The lowest BCUT2D eigenvalue weighted by Gasteiger charge is -2.35. The number of nitriles is 2. The average molecular weight is 767 g/mol. The Hall–Kier alpha value is -3.96. The standard InChI is InChI=1S/C31H34N12S6/c1-21(19-32)47-29(44)41(6)38(3)26-35-27(39(4)42(7)30(45)48-24(20-33)22-15-11-9-12-16-22)37-28(36-26)40(5)43(8)31(46)49-25(34-2)23-17-13-10-14-18-23/h9-18,21,24-25H,1,3-8H3. The molecule has 0 N–H and O–H groups in total. The van der Waals surface area contributed by atoms with Crippen LogP contribution in [0.3, 0.4) is 0 Å². The van der Waals surface area contributed by atoms with Crippen LogP contribution in [0, 0.1) is 29.2 Å². The van der Waals surface area contributed by atoms with Crippen LogP contribution in [0.25, 0.3) is 4.85 Å². The van der Waals surface area contributed by atoms with Gasteiger partial charge >= 0.3 is 5.37 Å². The van der Waals surface area contributed by atoms with Crippen LogP contribution < -0.4 is 15.0 Å². The first-order chi connectivity index (χ1) is 23.3. The van der Waals surface area contributed by atoms with Crippen LogP contribution in [-0.2, 0) is 0 Å². The van der Waals surface area contributed by atoms with Crippen LogP contribution in [0.4, 0.5) is 17.8 Å². The third-order valence-electron chi connectivity index (χ3n) is 6.92. The van der Waals surface area contributed by atoms with Crippen LogP contribution in [-0.4, -0.2) is 90.5 Å². The summed E-state index contributed by atoms with van der Waals surface area (Å²) in [6.07, 6.45) is 0. The predicted octanol–water partition coefficient (Wildman–Crippen LogP) is 6.57. The number of thioether (sulfide) groups is 3. The number of hydrogen-bond donors (Lipinski definition) is 0. The summed E-state index contributed by atoms with van der Waals surface area (Å²) in [7, 11) is 10.5. The van der Waals surface area contributed by atoms with Crippen LogP contribution >= 0.6 is 71.9 Å². The summed E-state index contributed by atoms with van der Waals surface area (Å²) < 4.78 is 1.29. The van der Waals surface area contributed by atoms with Gasteiger partial charge < -0.3 is 0 Å². The maximum absolute atomic E-state index is 9.89. The fourth-order valence-corrected chi connectivity index (χ4v) is 7.36. The summed E-state index contributed by atoms with van der Waals surface area (Å²) in [6, 6.07) is 23.4. The summed E-state index contributed by atoms with van der Waals surface area (Å²) in [5, 5.41) is 27.8. The Morgan fingerprint density at radius 3 is 1.43 bits per heavy atom. The maximum atomic E-state index is 9.89. The number of thiocarbonyl (C=S) groups is 3. The van der Waals surface area contributed by atoms with Crippen molar-refractivity contribution in [3.63, 3.8) is 0 Å². The summed E-state index contributed by atoms with van der Waals surface area (Å²) in [6.45, 7) is 9.53. The second kappa shape index (κ2) is 18.7. The second-order valence-corrected chi connectivity index (χ2v) is 15.5. The van der Waals surface area contributed by atoms with Crippen molar-refractivity contribution in [1.29, 1.82) is 10.5 Å². The number of rotatable bonds is 11. The Morgan fingerprint density at radius 2 is 1.04 bits per heavy atom. The fourth-order valence-electron chi connectivity index (χ4n) is 3.73. The quantitative estimate of drug-likeness (QED) is 0.119. The first-order valence-corrected chi connectivity index (χ1v) is 18.2. The zero-order valence-electron chi connectivity index (χ0n) is 27.8. The summed E-state index contributed by atoms with van der Waals surface area (Å²) in [4.78, 5) is 18.0. The molecule has 0 aliphatic rings. The summed E-state index contributed by atoms with van der Waals surface area (Å²) in [5.74, 6) is 0.729. The number of aromatic nitrogens is 3. The highest BCUT2D eigenvalue weighted by molar-refractivity contribution is 8.24. The first kappa shape index (κ1) is 39.5. The van der Waals surface area contributed by atoms with E-state index in [4.69, 9.17) is 58.2 Å². The fraction of sp³-hybridized carbons (Fsp3) is 0.323. The molecule has 3 unspecified atom stereocenters. The van der Waals surface area contributed by atoms with Gasteiger partial charge in [-0.1, -0.05) is 121 Å². The van der Waals surface area contributed by atoms with Crippen molar-refractivity contribution < 1.29 is 0 Å². The maximum Gasteiger partial charge on any atom is 0.300 e. The van der Waals surface area contributed by atoms with Crippen molar-refractivity contribution >= 4 is 103 Å². The molecular formula is C31H34N12S6. The van der Waals surface area contributed by atoms with E-state index in [-0.39, 0.29) is 23.1 Å². The molecule has 3 aromatic rings. The third-order valence-corrected chi connectivity index (χ3v) is 11.7. The largest absolute Gasteiger partial charge is 0.300 e. The minimum absolute atomic E-state index is 0.241. The van der Waals surface area contributed by atoms with Gasteiger partial charge in [0.1, 0.15) is 5.25 Å². The zero-order chi connectivity index (χ0) is 36.2. The van der Waals surface area contributed by atoms with Gasteiger partial charge in [-0.25, -0.2) is 6.57 Å². The summed E-state index contributed by atoms with van der Waals surface area (Å²) in [5.41, 5.74) is 1.69. The second-order valence-electron chi connectivity index (χ2n) is 10.1. The topological polar surface area (TPSA) is 110 Å². The lowest BCUT2D eigenvalue weighted by atomic mass is 10.2. The van der Waals surface area contributed by atoms with Crippen molar-refractivity contribution in [3.8, 4) is 12.1 Å². The molecule has 3 rings (SSSR count). The predicted molar refractivity (Wildman–Crippen MR) is 215 cm³/mol. The van der Waals surface area contributed by atoms with Crippen molar-refractivity contribution in [2.75, 3.05) is 57.3 Å². The van der Waals surface area contributed by atoms with E-state index in [1.807, 2.05) is 60.7 Å². The average Bonchev–Trinajstić information content (AvgIpc) is 3.14. The molecule has 1 heterocycles. The molecule has 0 saturated carbocycles. The third kappa shape index (κ3) is 10.5. The van der Waals surface area contributed by atoms with Gasteiger partial charge in [0.2, 0.25) is 0 Å². The first-order valence-electron chi connectivity index (χ1n) is 14.4. The van der Waals surface area contributed by atoms with Gasteiger partial charge in [-0.2, -0.15) is 25.5 Å². The van der Waals surface area contributed by atoms with Gasteiger partial charge in [-0.05, 0) is 24.2 Å². The number of hydrazine groups is 3. The minimum Gasteiger partial charge on any atom is -0.296 e. The van der Waals surface area contributed by atoms with Crippen molar-refractivity contribution in [3.05, 3.63) is 83.2 Å². The van der Waals surface area contributed by atoms with Crippen molar-refractivity contribution in [2.45, 2.75) is 22.8 Å². The van der Waals surface area contributed by atoms with E-state index in [2.05, 4.69) is 17.0 Å². The Kier molecular flexibility index (Phi) is 15.1. The molecule has 1 aromatic heterocycles. The smallest absolute Gasteiger partial charge is 0.296 e. The number of nitrogens with zero attached hydrogens (tertiary/aromatic N) is 12. The highest BCUT2D eigenvalue weighted by Crippen LogP contribution is 2.34. The molecule has 0 radical (unpaired) electrons. The Balaban J connectivity index is 1.95. The number of hydrogen-bond acceptors (Lipinski definition) is 14. The molecule has 12 nitrogen and oxygen atoms in total. The van der Waals surface area contributed by atoms with E-state index in [1.165, 1.54) is 35.3 Å². The molecule has 49 heavy (non-hydrogen) atoms. The highest BCUT2D eigenvalue weighted by atomic mass is 32.2. The van der Waals surface area contributed by atoms with Crippen LogP contribution in [0.1, 0.15) is 28.7 Å². The Morgan fingerprint density at radius 1 is 0.653 bits per heavy atom. The van der Waals surface area contributed by atoms with E-state index in [0.717, 1.165) is 11.1 Å². The molecule has 2 aromatic carbocycles. The molecule has 0 amide bonds. The Bertz CT molecular complexity index is 1640. The van der Waals surface area contributed by atoms with Gasteiger partial charge in [-0.15, -0.1) is 0 Å². The highest BCUT2D eigenvalue weighted by Gasteiger charge is 2.27. The van der Waals surface area contributed by atoms with E-state index < -0.39 is 10.6 Å². The van der Waals surface area contributed by atoms with E-state index in [9.17, 15) is 10.5 Å². The van der Waals surface area contributed by atoms with Gasteiger partial charge in [0, 0.05) is 47.8 Å². The lowest BCUT2D eigenvalue weighted by molar-refractivity contribution is 0.470. The molecule has 3 atom stereocenters. The van der Waals surface area contributed by atoms with Gasteiger partial charge in [0.25, 0.3) is 17.8 Å². The zero-order valence-corrected chi connectivity index (χ0v) is 32.7. The molecule has 0 saturated heterocycles. The molecular weight excluding hydrogens is 733 g/mol. The molecule has 18 heteroatoms. The summed E-state index contributed by atoms with van der Waals surface area (Å²) >= 11 is 20.8. The van der Waals surface area contributed by atoms with Gasteiger partial charge in [-0.3, -0.25) is 34.9 Å². The molecule has 0 spiro atoms. The monoisotopic (exact) mass is 766 g/mol. The van der Waals surface area contributed by atoms with E-state index in [1.54, 1.807) is 79.3 Å². The normalized spacial score (nSPS) is 12.2. The number of anilines is 3. The molecule has 0 bridgehead atoms. The van der Waals surface area contributed by atoms with Crippen LogP contribution in [0.5, 0.6) is 0 Å². The van der Waals surface area contributed by atoms with Gasteiger partial charge in [0.15, 0.2) is 13.0 Å². The Labute approximate surface area is 316 Å². The molecule has 254 valence electrons. The van der Waals surface area contributed by atoms with Crippen LogP contribution in [0.2, 0.25) is 0 Å². The SMILES string of the molecule is [C-]#[N+]C(SC(=S)N(C)N(C)c1nc(N(C)N(C)C(=S)SC(C)C#N)nc(N(C)N(C)C(=S)SC(C#N)c2ccccc2)n1)c1ccccc1. The molecule has 0 aliphatic heterocycles.